The average Bonchev–Trinajstić information content (AvgIpc) is 2.84. The average molecular weight is 248 g/mol. The molecule has 18 heavy (non-hydrogen) atoms. The van der Waals surface area contributed by atoms with Crippen LogP contribution in [0.25, 0.3) is 5.65 Å². The van der Waals surface area contributed by atoms with Gasteiger partial charge in [0.15, 0.2) is 5.65 Å². The first-order chi connectivity index (χ1) is 8.83. The second kappa shape index (κ2) is 6.35. The number of anilines is 1. The largest absolute Gasteiger partial charge is 0.396 e. The maximum atomic E-state index is 9.02. The number of rotatable bonds is 7. The van der Waals surface area contributed by atoms with Crippen molar-refractivity contribution < 1.29 is 5.11 Å². The minimum atomic E-state index is 0.251. The Hall–Kier alpha value is -1.62. The summed E-state index contributed by atoms with van der Waals surface area (Å²) >= 11 is 0. The summed E-state index contributed by atoms with van der Waals surface area (Å²) in [5.74, 6) is 1.37. The van der Waals surface area contributed by atoms with Gasteiger partial charge in [-0.2, -0.15) is 5.10 Å². The maximum Gasteiger partial charge on any atom is 0.157 e. The predicted octanol–water partition coefficient (Wildman–Crippen LogP) is 1.94. The highest BCUT2D eigenvalue weighted by Crippen LogP contribution is 2.13. The Labute approximate surface area is 107 Å². The van der Waals surface area contributed by atoms with Gasteiger partial charge in [0.25, 0.3) is 0 Å². The summed E-state index contributed by atoms with van der Waals surface area (Å²) in [6.45, 7) is 3.27. The second-order valence-electron chi connectivity index (χ2n) is 4.49. The number of hydrogen-bond acceptors (Lipinski definition) is 4. The molecular formula is C13H20N4O. The van der Waals surface area contributed by atoms with Gasteiger partial charge in [-0.15, -0.1) is 0 Å². The van der Waals surface area contributed by atoms with E-state index < -0.39 is 0 Å². The van der Waals surface area contributed by atoms with Gasteiger partial charge in [0.05, 0.1) is 6.20 Å². The van der Waals surface area contributed by atoms with E-state index in [-0.39, 0.29) is 6.61 Å². The first-order valence-electron chi connectivity index (χ1n) is 6.48. The van der Waals surface area contributed by atoms with Crippen molar-refractivity contribution in [1.29, 1.82) is 0 Å². The Bertz CT molecular complexity index is 477. The van der Waals surface area contributed by atoms with Crippen LogP contribution in [0.1, 0.15) is 26.2 Å². The van der Waals surface area contributed by atoms with Crippen LogP contribution in [-0.2, 0) is 0 Å². The van der Waals surface area contributed by atoms with Crippen molar-refractivity contribution in [2.45, 2.75) is 26.2 Å². The third-order valence-corrected chi connectivity index (χ3v) is 3.06. The molecule has 2 aromatic heterocycles. The zero-order valence-electron chi connectivity index (χ0n) is 10.7. The molecule has 0 aliphatic heterocycles. The van der Waals surface area contributed by atoms with Crippen molar-refractivity contribution in [2.24, 2.45) is 5.92 Å². The van der Waals surface area contributed by atoms with E-state index in [2.05, 4.69) is 22.3 Å². The highest BCUT2D eigenvalue weighted by molar-refractivity contribution is 5.45. The third kappa shape index (κ3) is 3.20. The van der Waals surface area contributed by atoms with E-state index in [1.165, 1.54) is 0 Å². The van der Waals surface area contributed by atoms with Gasteiger partial charge in [-0.3, -0.25) is 0 Å². The normalized spacial score (nSPS) is 12.8. The Kier molecular flexibility index (Phi) is 4.52. The van der Waals surface area contributed by atoms with E-state index in [0.717, 1.165) is 37.3 Å². The molecule has 0 aliphatic rings. The smallest absolute Gasteiger partial charge is 0.157 e. The second-order valence-corrected chi connectivity index (χ2v) is 4.49. The van der Waals surface area contributed by atoms with Crippen molar-refractivity contribution in [1.82, 2.24) is 14.6 Å². The van der Waals surface area contributed by atoms with Crippen LogP contribution in [0, 0.1) is 5.92 Å². The molecule has 1 atom stereocenters. The van der Waals surface area contributed by atoms with E-state index in [1.54, 1.807) is 10.7 Å². The highest BCUT2D eigenvalue weighted by atomic mass is 16.3. The molecule has 5 nitrogen and oxygen atoms in total. The zero-order chi connectivity index (χ0) is 12.8. The molecule has 98 valence electrons. The van der Waals surface area contributed by atoms with E-state index in [9.17, 15) is 0 Å². The first-order valence-corrected chi connectivity index (χ1v) is 6.48. The molecule has 2 rings (SSSR count). The number of aromatic nitrogens is 3. The van der Waals surface area contributed by atoms with Gasteiger partial charge in [0.2, 0.25) is 0 Å². The standard InChI is InChI=1S/C13H20N4O/c1-2-3-11(6-9-18)10-14-12-5-8-17-13(16-12)4-7-15-17/h4-5,7-8,11,18H,2-3,6,9-10H2,1H3,(H,14,16). The molecule has 5 heteroatoms. The van der Waals surface area contributed by atoms with Crippen LogP contribution in [0.15, 0.2) is 24.5 Å². The lowest BCUT2D eigenvalue weighted by Crippen LogP contribution is -2.16. The molecule has 0 radical (unpaired) electrons. The van der Waals surface area contributed by atoms with Crippen LogP contribution >= 0.6 is 0 Å². The van der Waals surface area contributed by atoms with Crippen LogP contribution in [0.5, 0.6) is 0 Å². The third-order valence-electron chi connectivity index (χ3n) is 3.06. The fourth-order valence-electron chi connectivity index (χ4n) is 2.10. The van der Waals surface area contributed by atoms with E-state index in [4.69, 9.17) is 5.11 Å². The van der Waals surface area contributed by atoms with Crippen LogP contribution in [-0.4, -0.2) is 32.9 Å². The van der Waals surface area contributed by atoms with Crippen LogP contribution < -0.4 is 5.32 Å². The van der Waals surface area contributed by atoms with E-state index in [1.807, 2.05) is 18.3 Å². The van der Waals surface area contributed by atoms with Crippen LogP contribution in [0.2, 0.25) is 0 Å². The van der Waals surface area contributed by atoms with Gasteiger partial charge in [-0.25, -0.2) is 9.50 Å². The van der Waals surface area contributed by atoms with E-state index >= 15 is 0 Å². The Morgan fingerprint density at radius 2 is 2.28 bits per heavy atom. The van der Waals surface area contributed by atoms with E-state index in [0.29, 0.717) is 5.92 Å². The van der Waals surface area contributed by atoms with Gasteiger partial charge >= 0.3 is 0 Å². The van der Waals surface area contributed by atoms with Crippen LogP contribution in [0.3, 0.4) is 0 Å². The van der Waals surface area contributed by atoms with Crippen molar-refractivity contribution in [3.05, 3.63) is 24.5 Å². The monoisotopic (exact) mass is 248 g/mol. The summed E-state index contributed by atoms with van der Waals surface area (Å²) in [6.07, 6.45) is 6.74. The van der Waals surface area contributed by atoms with Gasteiger partial charge in [-0.1, -0.05) is 13.3 Å². The molecule has 0 fully saturated rings. The molecule has 0 aliphatic carbocycles. The molecular weight excluding hydrogens is 228 g/mol. The van der Waals surface area contributed by atoms with Gasteiger partial charge in [0, 0.05) is 25.4 Å². The van der Waals surface area contributed by atoms with Crippen molar-refractivity contribution in [2.75, 3.05) is 18.5 Å². The van der Waals surface area contributed by atoms with Crippen molar-refractivity contribution in [3.8, 4) is 0 Å². The fraction of sp³-hybridized carbons (Fsp3) is 0.538. The van der Waals surface area contributed by atoms with Gasteiger partial charge in [-0.05, 0) is 24.8 Å². The maximum absolute atomic E-state index is 9.02. The Morgan fingerprint density at radius 1 is 1.39 bits per heavy atom. The Balaban J connectivity index is 1.95. The summed E-state index contributed by atoms with van der Waals surface area (Å²) < 4.78 is 1.74. The molecule has 0 bridgehead atoms. The first kappa shape index (κ1) is 12.8. The van der Waals surface area contributed by atoms with Crippen molar-refractivity contribution >= 4 is 11.5 Å². The summed E-state index contributed by atoms with van der Waals surface area (Å²) in [6, 6.07) is 3.80. The molecule has 0 saturated heterocycles. The number of aliphatic hydroxyl groups excluding tert-OH is 1. The van der Waals surface area contributed by atoms with Crippen molar-refractivity contribution in [3.63, 3.8) is 0 Å². The lowest BCUT2D eigenvalue weighted by atomic mass is 10.0. The lowest BCUT2D eigenvalue weighted by Gasteiger charge is -2.15. The molecule has 1 unspecified atom stereocenters. The molecule has 2 aromatic rings. The number of fused-ring (bicyclic) bond motifs is 1. The van der Waals surface area contributed by atoms with Gasteiger partial charge < -0.3 is 10.4 Å². The molecule has 0 spiro atoms. The quantitative estimate of drug-likeness (QED) is 0.786. The van der Waals surface area contributed by atoms with Crippen LogP contribution in [0.4, 0.5) is 5.82 Å². The SMILES string of the molecule is CCCC(CCO)CNc1ccn2nccc2n1. The fourth-order valence-corrected chi connectivity index (χ4v) is 2.10. The topological polar surface area (TPSA) is 62.5 Å². The van der Waals surface area contributed by atoms with Gasteiger partial charge in [0.1, 0.15) is 5.82 Å². The predicted molar refractivity (Wildman–Crippen MR) is 71.6 cm³/mol. The number of nitrogens with zero attached hydrogens (tertiary/aromatic N) is 3. The minimum absolute atomic E-state index is 0.251. The number of nitrogens with one attached hydrogen (secondary N) is 1. The lowest BCUT2D eigenvalue weighted by molar-refractivity contribution is 0.255. The molecule has 0 saturated carbocycles. The molecule has 0 amide bonds. The molecule has 2 heterocycles. The summed E-state index contributed by atoms with van der Waals surface area (Å²) in [7, 11) is 0. The number of aliphatic hydroxyl groups is 1. The summed E-state index contributed by atoms with van der Waals surface area (Å²) in [5.41, 5.74) is 0.842. The Morgan fingerprint density at radius 3 is 3.06 bits per heavy atom. The molecule has 2 N–H and O–H groups in total. The zero-order valence-corrected chi connectivity index (χ0v) is 10.7. The number of hydrogen-bond donors (Lipinski definition) is 2. The minimum Gasteiger partial charge on any atom is -0.396 e. The molecule has 0 aromatic carbocycles. The highest BCUT2D eigenvalue weighted by Gasteiger charge is 2.07. The summed E-state index contributed by atoms with van der Waals surface area (Å²) in [4.78, 5) is 4.45. The summed E-state index contributed by atoms with van der Waals surface area (Å²) in [5, 5.41) is 16.5.